The van der Waals surface area contributed by atoms with Gasteiger partial charge in [-0.05, 0) is 43.7 Å². The lowest BCUT2D eigenvalue weighted by atomic mass is 10.1. The summed E-state index contributed by atoms with van der Waals surface area (Å²) in [4.78, 5) is 0. The lowest BCUT2D eigenvalue weighted by molar-refractivity contribution is 0.254. The highest BCUT2D eigenvalue weighted by Crippen LogP contribution is 2.35. The van der Waals surface area contributed by atoms with Crippen molar-refractivity contribution in [3.63, 3.8) is 0 Å². The first-order chi connectivity index (χ1) is 12.9. The Balaban J connectivity index is 1.75. The first-order valence-corrected chi connectivity index (χ1v) is 10.5. The van der Waals surface area contributed by atoms with Crippen LogP contribution in [0.3, 0.4) is 0 Å². The van der Waals surface area contributed by atoms with Crippen LogP contribution in [0.5, 0.6) is 11.5 Å². The van der Waals surface area contributed by atoms with Crippen molar-refractivity contribution >= 4 is 10.0 Å². The first kappa shape index (κ1) is 19.2. The summed E-state index contributed by atoms with van der Waals surface area (Å²) in [5.41, 5.74) is 2.81. The molecule has 0 fully saturated rings. The van der Waals surface area contributed by atoms with E-state index in [1.807, 2.05) is 32.0 Å². The molecule has 0 saturated carbocycles. The van der Waals surface area contributed by atoms with Crippen molar-refractivity contribution in [2.75, 3.05) is 6.61 Å². The van der Waals surface area contributed by atoms with Crippen molar-refractivity contribution < 1.29 is 17.9 Å². The van der Waals surface area contributed by atoms with Crippen LogP contribution in [-0.2, 0) is 28.7 Å². The number of fused-ring (bicyclic) bond motifs is 1. The van der Waals surface area contributed by atoms with E-state index >= 15 is 0 Å². The van der Waals surface area contributed by atoms with Gasteiger partial charge >= 0.3 is 0 Å². The Morgan fingerprint density at radius 1 is 1.33 bits per heavy atom. The number of ether oxygens (including phenoxy) is 2. The minimum absolute atomic E-state index is 0.105. The average molecular weight is 386 g/mol. The van der Waals surface area contributed by atoms with E-state index < -0.39 is 10.0 Å². The monoisotopic (exact) mass is 386 g/mol. The molecule has 6 nitrogen and oxygen atoms in total. The maximum atomic E-state index is 12.5. The largest absolute Gasteiger partial charge is 0.494 e. The van der Waals surface area contributed by atoms with Gasteiger partial charge in [-0.25, -0.2) is 13.1 Å². The normalized spacial score (nSPS) is 15.7. The zero-order chi connectivity index (χ0) is 19.4. The SMILES string of the molecule is CCOc1cc2c(cc1CNS(=O)(=O)Cc1cccc(C#N)c1)OC(C)C2. The second-order valence-corrected chi connectivity index (χ2v) is 8.33. The van der Waals surface area contributed by atoms with Crippen LogP contribution in [0, 0.1) is 11.3 Å². The molecule has 142 valence electrons. The van der Waals surface area contributed by atoms with Crippen molar-refractivity contribution in [1.82, 2.24) is 4.72 Å². The van der Waals surface area contributed by atoms with Crippen LogP contribution in [0.1, 0.15) is 36.1 Å². The molecule has 0 saturated heterocycles. The van der Waals surface area contributed by atoms with Gasteiger partial charge < -0.3 is 9.47 Å². The fraction of sp³-hybridized carbons (Fsp3) is 0.350. The molecule has 0 spiro atoms. The molecule has 27 heavy (non-hydrogen) atoms. The molecule has 0 radical (unpaired) electrons. The van der Waals surface area contributed by atoms with Crippen LogP contribution in [-0.4, -0.2) is 21.1 Å². The number of nitriles is 1. The summed E-state index contributed by atoms with van der Waals surface area (Å²) >= 11 is 0. The van der Waals surface area contributed by atoms with Crippen LogP contribution >= 0.6 is 0 Å². The number of rotatable bonds is 7. The summed E-state index contributed by atoms with van der Waals surface area (Å²) in [5, 5.41) is 8.95. The first-order valence-electron chi connectivity index (χ1n) is 8.82. The molecule has 2 aromatic rings. The molecule has 3 rings (SSSR count). The van der Waals surface area contributed by atoms with Crippen molar-refractivity contribution in [2.45, 2.75) is 38.7 Å². The third kappa shape index (κ3) is 4.79. The number of sulfonamides is 1. The smallest absolute Gasteiger partial charge is 0.216 e. The summed E-state index contributed by atoms with van der Waals surface area (Å²) in [6.45, 7) is 4.50. The standard InChI is InChI=1S/C20H22N2O4S/c1-3-25-19-9-17-7-14(2)26-20(17)10-18(19)12-22-27(23,24)13-16-6-4-5-15(8-16)11-21/h4-6,8-10,14,22H,3,7,12-13H2,1-2H3. The Bertz CT molecular complexity index is 980. The number of hydrogen-bond acceptors (Lipinski definition) is 5. The third-order valence-electron chi connectivity index (χ3n) is 4.27. The van der Waals surface area contributed by atoms with E-state index in [-0.39, 0.29) is 18.4 Å². The summed E-state index contributed by atoms with van der Waals surface area (Å²) in [5.74, 6) is 1.26. The molecular formula is C20H22N2O4S. The molecule has 1 heterocycles. The second kappa shape index (κ2) is 7.99. The van der Waals surface area contributed by atoms with E-state index in [0.717, 1.165) is 23.3 Å². The van der Waals surface area contributed by atoms with E-state index in [2.05, 4.69) is 4.72 Å². The molecule has 1 N–H and O–H groups in total. The summed E-state index contributed by atoms with van der Waals surface area (Å²) in [6, 6.07) is 12.4. The highest BCUT2D eigenvalue weighted by molar-refractivity contribution is 7.88. The maximum absolute atomic E-state index is 12.5. The van der Waals surface area contributed by atoms with E-state index in [9.17, 15) is 8.42 Å². The van der Waals surface area contributed by atoms with Crippen LogP contribution in [0.25, 0.3) is 0 Å². The van der Waals surface area contributed by atoms with Gasteiger partial charge in [-0.3, -0.25) is 0 Å². The van der Waals surface area contributed by atoms with Gasteiger partial charge in [0.05, 0.1) is 24.0 Å². The van der Waals surface area contributed by atoms with Crippen molar-refractivity contribution in [2.24, 2.45) is 0 Å². The van der Waals surface area contributed by atoms with Gasteiger partial charge in [0.1, 0.15) is 17.6 Å². The number of benzene rings is 2. The van der Waals surface area contributed by atoms with Crippen LogP contribution in [0.2, 0.25) is 0 Å². The topological polar surface area (TPSA) is 88.4 Å². The molecule has 0 bridgehead atoms. The second-order valence-electron chi connectivity index (χ2n) is 6.53. The molecule has 7 heteroatoms. The Labute approximate surface area is 159 Å². The maximum Gasteiger partial charge on any atom is 0.216 e. The van der Waals surface area contributed by atoms with Gasteiger partial charge in [-0.1, -0.05) is 12.1 Å². The number of nitrogens with one attached hydrogen (secondary N) is 1. The number of hydrogen-bond donors (Lipinski definition) is 1. The van der Waals surface area contributed by atoms with Gasteiger partial charge in [0.2, 0.25) is 10.0 Å². The Morgan fingerprint density at radius 2 is 2.15 bits per heavy atom. The van der Waals surface area contributed by atoms with E-state index in [4.69, 9.17) is 14.7 Å². The predicted octanol–water partition coefficient (Wildman–Crippen LogP) is 2.90. The fourth-order valence-corrected chi connectivity index (χ4v) is 4.19. The Hall–Kier alpha value is -2.56. The highest BCUT2D eigenvalue weighted by Gasteiger charge is 2.22. The summed E-state index contributed by atoms with van der Waals surface area (Å²) < 4.78 is 39.0. The van der Waals surface area contributed by atoms with Crippen LogP contribution in [0.4, 0.5) is 0 Å². The summed E-state index contributed by atoms with van der Waals surface area (Å²) in [6.07, 6.45) is 0.922. The van der Waals surface area contributed by atoms with Gasteiger partial charge in [-0.2, -0.15) is 5.26 Å². The van der Waals surface area contributed by atoms with Gasteiger partial charge in [-0.15, -0.1) is 0 Å². The van der Waals surface area contributed by atoms with Crippen molar-refractivity contribution in [1.29, 1.82) is 5.26 Å². The molecule has 2 aromatic carbocycles. The van der Waals surface area contributed by atoms with Crippen molar-refractivity contribution in [3.05, 3.63) is 58.7 Å². The number of nitrogens with zero attached hydrogens (tertiary/aromatic N) is 1. The van der Waals surface area contributed by atoms with Gasteiger partial charge in [0.25, 0.3) is 0 Å². The van der Waals surface area contributed by atoms with Crippen LogP contribution < -0.4 is 14.2 Å². The Morgan fingerprint density at radius 3 is 2.89 bits per heavy atom. The zero-order valence-electron chi connectivity index (χ0n) is 15.4. The minimum atomic E-state index is -3.57. The highest BCUT2D eigenvalue weighted by atomic mass is 32.2. The van der Waals surface area contributed by atoms with Gasteiger partial charge in [0, 0.05) is 24.1 Å². The third-order valence-corrected chi connectivity index (χ3v) is 5.57. The molecular weight excluding hydrogens is 364 g/mol. The average Bonchev–Trinajstić information content (AvgIpc) is 2.98. The molecule has 0 aromatic heterocycles. The molecule has 0 amide bonds. The molecule has 1 aliphatic heterocycles. The molecule has 1 aliphatic rings. The Kier molecular flexibility index (Phi) is 5.68. The fourth-order valence-electron chi connectivity index (χ4n) is 3.10. The van der Waals surface area contributed by atoms with Crippen molar-refractivity contribution in [3.8, 4) is 17.6 Å². The van der Waals surface area contributed by atoms with E-state index in [1.54, 1.807) is 24.3 Å². The lowest BCUT2D eigenvalue weighted by Crippen LogP contribution is -2.25. The zero-order valence-corrected chi connectivity index (χ0v) is 16.2. The lowest BCUT2D eigenvalue weighted by Gasteiger charge is -2.13. The van der Waals surface area contributed by atoms with Gasteiger partial charge in [0.15, 0.2) is 0 Å². The van der Waals surface area contributed by atoms with E-state index in [1.165, 1.54) is 0 Å². The quantitative estimate of drug-likeness (QED) is 0.790. The molecule has 1 atom stereocenters. The molecule has 0 aliphatic carbocycles. The predicted molar refractivity (Wildman–Crippen MR) is 102 cm³/mol. The summed E-state index contributed by atoms with van der Waals surface area (Å²) in [7, 11) is -3.57. The minimum Gasteiger partial charge on any atom is -0.494 e. The molecule has 1 unspecified atom stereocenters. The van der Waals surface area contributed by atoms with E-state index in [0.29, 0.717) is 23.5 Å². The van der Waals surface area contributed by atoms with Crippen LogP contribution in [0.15, 0.2) is 36.4 Å².